The topological polar surface area (TPSA) is 70.0 Å². The van der Waals surface area contributed by atoms with Crippen LogP contribution in [-0.4, -0.2) is 51.7 Å². The smallest absolute Gasteiger partial charge is 0.196 e. The van der Waals surface area contributed by atoms with Gasteiger partial charge in [-0.15, -0.1) is 0 Å². The molecule has 6 rings (SSSR count). The molecule has 3 aliphatic carbocycles. The molecule has 1 spiro atoms. The molecule has 5 heteroatoms. The van der Waals surface area contributed by atoms with Crippen molar-refractivity contribution in [1.82, 2.24) is 4.90 Å². The van der Waals surface area contributed by atoms with Gasteiger partial charge in [-0.25, -0.2) is 0 Å². The number of piperidine rings is 1. The predicted octanol–water partition coefficient (Wildman–Crippen LogP) is 1.69. The number of rotatable bonds is 2. The highest BCUT2D eigenvalue weighted by molar-refractivity contribution is 5.99. The van der Waals surface area contributed by atoms with E-state index in [1.54, 1.807) is 12.1 Å². The molecule has 0 radical (unpaired) electrons. The zero-order valence-electron chi connectivity index (χ0n) is 14.6. The third-order valence-corrected chi connectivity index (χ3v) is 7.70. The maximum absolute atomic E-state index is 12.7. The molecular weight excluding hydrogens is 330 g/mol. The first-order chi connectivity index (χ1) is 12.5. The SMILES string of the molecule is O=C1C=C[C@@]2(O)C3Cc4ccc(O)c5c4C2(CCN3CC2CCC2)[C@H]1O5. The second-order valence-electron chi connectivity index (χ2n) is 8.74. The van der Waals surface area contributed by atoms with Crippen LogP contribution >= 0.6 is 0 Å². The predicted molar refractivity (Wildman–Crippen MR) is 94.3 cm³/mol. The van der Waals surface area contributed by atoms with Crippen LogP contribution in [0.1, 0.15) is 36.8 Å². The maximum atomic E-state index is 12.7. The molecule has 1 aromatic rings. The number of aliphatic hydroxyl groups is 1. The quantitative estimate of drug-likeness (QED) is 0.847. The average Bonchev–Trinajstić information content (AvgIpc) is 2.93. The summed E-state index contributed by atoms with van der Waals surface area (Å²) in [6, 6.07) is 3.57. The van der Waals surface area contributed by atoms with Gasteiger partial charge in [0.05, 0.1) is 5.41 Å². The molecule has 1 saturated heterocycles. The van der Waals surface area contributed by atoms with Crippen LogP contribution in [0.3, 0.4) is 0 Å². The van der Waals surface area contributed by atoms with E-state index in [9.17, 15) is 15.0 Å². The number of ketones is 1. The van der Waals surface area contributed by atoms with Gasteiger partial charge in [-0.2, -0.15) is 0 Å². The van der Waals surface area contributed by atoms with Crippen LogP contribution in [0.25, 0.3) is 0 Å². The molecular formula is C21H23NO4. The van der Waals surface area contributed by atoms with E-state index in [-0.39, 0.29) is 17.6 Å². The zero-order valence-corrected chi connectivity index (χ0v) is 14.6. The fourth-order valence-corrected chi connectivity index (χ4v) is 6.23. The number of hydrogen-bond acceptors (Lipinski definition) is 5. The van der Waals surface area contributed by atoms with Crippen molar-refractivity contribution < 1.29 is 19.7 Å². The number of nitrogens with zero attached hydrogens (tertiary/aromatic N) is 1. The first-order valence-corrected chi connectivity index (χ1v) is 9.76. The van der Waals surface area contributed by atoms with E-state index in [0.29, 0.717) is 12.2 Å². The van der Waals surface area contributed by atoms with E-state index in [1.807, 2.05) is 6.07 Å². The number of ether oxygens (including phenoxy) is 1. The molecule has 0 aromatic heterocycles. The van der Waals surface area contributed by atoms with Crippen LogP contribution in [0, 0.1) is 5.92 Å². The molecule has 2 bridgehead atoms. The summed E-state index contributed by atoms with van der Waals surface area (Å²) in [5, 5.41) is 22.3. The van der Waals surface area contributed by atoms with Crippen LogP contribution in [0.15, 0.2) is 24.3 Å². The van der Waals surface area contributed by atoms with Gasteiger partial charge in [0.15, 0.2) is 23.4 Å². The van der Waals surface area contributed by atoms with Crippen molar-refractivity contribution in [2.75, 3.05) is 13.1 Å². The number of hydrogen-bond donors (Lipinski definition) is 2. The van der Waals surface area contributed by atoms with Crippen molar-refractivity contribution in [2.24, 2.45) is 5.92 Å². The minimum atomic E-state index is -1.13. The summed E-state index contributed by atoms with van der Waals surface area (Å²) in [5.41, 5.74) is 0.0968. The van der Waals surface area contributed by atoms with Crippen molar-refractivity contribution in [1.29, 1.82) is 0 Å². The lowest BCUT2D eigenvalue weighted by Gasteiger charge is -2.61. The van der Waals surface area contributed by atoms with Gasteiger partial charge >= 0.3 is 0 Å². The third-order valence-electron chi connectivity index (χ3n) is 7.70. The summed E-state index contributed by atoms with van der Waals surface area (Å²) in [7, 11) is 0. The molecule has 2 unspecified atom stereocenters. The van der Waals surface area contributed by atoms with Gasteiger partial charge in [-0.1, -0.05) is 12.5 Å². The summed E-state index contributed by atoms with van der Waals surface area (Å²) in [6.45, 7) is 1.88. The maximum Gasteiger partial charge on any atom is 0.196 e. The molecule has 1 aromatic carbocycles. The Morgan fingerprint density at radius 3 is 2.92 bits per heavy atom. The zero-order chi connectivity index (χ0) is 17.7. The standard InChI is InChI=1S/C21H23NO4/c23-14-5-4-13-10-16-21(25)7-6-15(24)19-20(21,17(13)18(14)26-19)8-9-22(16)11-12-2-1-3-12/h4-7,12,16,19,23,25H,1-3,8-11H2/t16?,19-,20?,21+/m0/s1. The van der Waals surface area contributed by atoms with Crippen LogP contribution in [0.4, 0.5) is 0 Å². The summed E-state index contributed by atoms with van der Waals surface area (Å²) < 4.78 is 6.01. The molecule has 2 aliphatic heterocycles. The largest absolute Gasteiger partial charge is 0.504 e. The number of carbonyl (C=O) groups is 1. The lowest BCUT2D eigenvalue weighted by molar-refractivity contribution is -0.156. The highest BCUT2D eigenvalue weighted by Gasteiger charge is 2.72. The monoisotopic (exact) mass is 353 g/mol. The van der Waals surface area contributed by atoms with Gasteiger partial charge in [0, 0.05) is 18.2 Å². The van der Waals surface area contributed by atoms with E-state index < -0.39 is 17.1 Å². The van der Waals surface area contributed by atoms with Gasteiger partial charge in [0.2, 0.25) is 0 Å². The van der Waals surface area contributed by atoms with Crippen LogP contribution in [0.5, 0.6) is 11.5 Å². The molecule has 2 heterocycles. The van der Waals surface area contributed by atoms with Crippen LogP contribution in [-0.2, 0) is 16.6 Å². The number of benzene rings is 1. The number of phenolic OH excluding ortho intramolecular Hbond substituents is 1. The Balaban J connectivity index is 1.55. The number of carbonyl (C=O) groups excluding carboxylic acids is 1. The lowest BCUT2D eigenvalue weighted by atomic mass is 9.50. The van der Waals surface area contributed by atoms with Gasteiger partial charge in [0.25, 0.3) is 0 Å². The summed E-state index contributed by atoms with van der Waals surface area (Å²) in [4.78, 5) is 15.1. The van der Waals surface area contributed by atoms with Crippen molar-refractivity contribution in [2.45, 2.75) is 55.3 Å². The molecule has 136 valence electrons. The first-order valence-electron chi connectivity index (χ1n) is 9.76. The number of aromatic hydroxyl groups is 1. The van der Waals surface area contributed by atoms with Crippen molar-refractivity contribution in [3.63, 3.8) is 0 Å². The van der Waals surface area contributed by atoms with Gasteiger partial charge in [0.1, 0.15) is 5.60 Å². The van der Waals surface area contributed by atoms with Gasteiger partial charge < -0.3 is 14.9 Å². The molecule has 1 saturated carbocycles. The Labute approximate surface area is 152 Å². The summed E-state index contributed by atoms with van der Waals surface area (Å²) >= 11 is 0. The van der Waals surface area contributed by atoms with Crippen LogP contribution < -0.4 is 4.74 Å². The molecule has 0 amide bonds. The second kappa shape index (κ2) is 4.70. The molecule has 5 aliphatic rings. The van der Waals surface area contributed by atoms with Crippen LogP contribution in [0.2, 0.25) is 0 Å². The van der Waals surface area contributed by atoms with E-state index in [1.165, 1.54) is 25.3 Å². The fraction of sp³-hybridized carbons (Fsp3) is 0.571. The normalized spacial score (nSPS) is 40.1. The Morgan fingerprint density at radius 1 is 1.31 bits per heavy atom. The molecule has 2 N–H and O–H groups in total. The fourth-order valence-electron chi connectivity index (χ4n) is 6.23. The third kappa shape index (κ3) is 1.54. The Hall–Kier alpha value is -1.85. The first kappa shape index (κ1) is 15.2. The van der Waals surface area contributed by atoms with Gasteiger partial charge in [-0.05, 0) is 61.9 Å². The Bertz CT molecular complexity index is 860. The summed E-state index contributed by atoms with van der Waals surface area (Å²) in [6.07, 6.45) is 7.77. The van der Waals surface area contributed by atoms with E-state index in [0.717, 1.165) is 36.6 Å². The average molecular weight is 353 g/mol. The number of phenols is 1. The van der Waals surface area contributed by atoms with Crippen molar-refractivity contribution in [3.05, 3.63) is 35.4 Å². The van der Waals surface area contributed by atoms with E-state index >= 15 is 0 Å². The molecule has 2 fully saturated rings. The van der Waals surface area contributed by atoms with E-state index in [2.05, 4.69) is 4.90 Å². The minimum absolute atomic E-state index is 0.0460. The molecule has 4 atom stereocenters. The highest BCUT2D eigenvalue weighted by Crippen LogP contribution is 2.63. The van der Waals surface area contributed by atoms with Crippen molar-refractivity contribution >= 4 is 5.78 Å². The molecule has 5 nitrogen and oxygen atoms in total. The second-order valence-corrected chi connectivity index (χ2v) is 8.74. The lowest BCUT2D eigenvalue weighted by Crippen LogP contribution is -2.75. The molecule has 26 heavy (non-hydrogen) atoms. The minimum Gasteiger partial charge on any atom is -0.504 e. The number of likely N-dealkylation sites (tertiary alicyclic amines) is 1. The highest BCUT2D eigenvalue weighted by atomic mass is 16.5. The van der Waals surface area contributed by atoms with Gasteiger partial charge in [-0.3, -0.25) is 9.69 Å². The summed E-state index contributed by atoms with van der Waals surface area (Å²) in [5.74, 6) is 1.10. The Morgan fingerprint density at radius 2 is 2.15 bits per heavy atom. The Kier molecular flexibility index (Phi) is 2.75. The van der Waals surface area contributed by atoms with E-state index in [4.69, 9.17) is 4.74 Å². The van der Waals surface area contributed by atoms with Crippen molar-refractivity contribution in [3.8, 4) is 11.5 Å².